The van der Waals surface area contributed by atoms with Crippen LogP contribution in [0.4, 0.5) is 0 Å². The van der Waals surface area contributed by atoms with Crippen LogP contribution in [0.3, 0.4) is 0 Å². The first kappa shape index (κ1) is 26.1. The fourth-order valence-electron chi connectivity index (χ4n) is 3.08. The summed E-state index contributed by atoms with van der Waals surface area (Å²) in [6.45, 7) is 13.3. The van der Waals surface area contributed by atoms with E-state index in [1.165, 1.54) is 16.7 Å². The van der Waals surface area contributed by atoms with Crippen LogP contribution in [0.25, 0.3) is 0 Å². The SMILES string of the molecule is CC.CC.CC1=CCC(C(COCc2ccccc2)COCc2ccccc2)OC1. The topological polar surface area (TPSA) is 27.7 Å². The maximum atomic E-state index is 6.03. The zero-order chi connectivity index (χ0) is 22.0. The highest BCUT2D eigenvalue weighted by molar-refractivity contribution is 5.14. The lowest BCUT2D eigenvalue weighted by Crippen LogP contribution is -2.33. The summed E-state index contributed by atoms with van der Waals surface area (Å²) in [4.78, 5) is 0. The van der Waals surface area contributed by atoms with Crippen molar-refractivity contribution in [1.82, 2.24) is 0 Å². The smallest absolute Gasteiger partial charge is 0.0717 e. The van der Waals surface area contributed by atoms with Crippen LogP contribution in [0.1, 0.15) is 52.2 Å². The first-order chi connectivity index (χ1) is 14.8. The molecule has 0 radical (unpaired) electrons. The molecule has 2 aromatic rings. The second kappa shape index (κ2) is 16.8. The average Bonchev–Trinajstić information content (AvgIpc) is 2.83. The third kappa shape index (κ3) is 10.2. The fraction of sp³-hybridized carbons (Fsp3) is 0.481. The molecule has 3 heteroatoms. The summed E-state index contributed by atoms with van der Waals surface area (Å²) >= 11 is 0. The molecule has 2 aromatic carbocycles. The van der Waals surface area contributed by atoms with E-state index in [9.17, 15) is 0 Å². The van der Waals surface area contributed by atoms with Crippen LogP contribution < -0.4 is 0 Å². The molecule has 1 aliphatic heterocycles. The number of rotatable bonds is 9. The number of hydrogen-bond donors (Lipinski definition) is 0. The Morgan fingerprint density at radius 2 is 1.27 bits per heavy atom. The molecule has 0 saturated heterocycles. The Kier molecular flexibility index (Phi) is 14.6. The Morgan fingerprint density at radius 3 is 1.67 bits per heavy atom. The highest BCUT2D eigenvalue weighted by atomic mass is 16.5. The van der Waals surface area contributed by atoms with Crippen molar-refractivity contribution in [2.24, 2.45) is 5.92 Å². The summed E-state index contributed by atoms with van der Waals surface area (Å²) < 4.78 is 18.0. The van der Waals surface area contributed by atoms with E-state index in [4.69, 9.17) is 14.2 Å². The fourth-order valence-corrected chi connectivity index (χ4v) is 3.08. The summed E-state index contributed by atoms with van der Waals surface area (Å²) in [5.74, 6) is 0.228. The van der Waals surface area contributed by atoms with Gasteiger partial charge in [0.2, 0.25) is 0 Å². The van der Waals surface area contributed by atoms with E-state index in [2.05, 4.69) is 37.3 Å². The molecule has 0 bridgehead atoms. The van der Waals surface area contributed by atoms with Gasteiger partial charge in [-0.3, -0.25) is 0 Å². The lowest BCUT2D eigenvalue weighted by atomic mass is 9.98. The van der Waals surface area contributed by atoms with Gasteiger partial charge >= 0.3 is 0 Å². The van der Waals surface area contributed by atoms with Crippen molar-refractivity contribution in [1.29, 1.82) is 0 Å². The first-order valence-corrected chi connectivity index (χ1v) is 11.3. The van der Waals surface area contributed by atoms with Gasteiger partial charge in [-0.15, -0.1) is 0 Å². The maximum absolute atomic E-state index is 6.03. The Balaban J connectivity index is 0.00000106. The lowest BCUT2D eigenvalue weighted by molar-refractivity contribution is -0.0575. The third-order valence-corrected chi connectivity index (χ3v) is 4.64. The van der Waals surface area contributed by atoms with E-state index in [-0.39, 0.29) is 12.0 Å². The normalized spacial score (nSPS) is 15.4. The van der Waals surface area contributed by atoms with Crippen LogP contribution in [0.15, 0.2) is 72.3 Å². The largest absolute Gasteiger partial charge is 0.376 e. The van der Waals surface area contributed by atoms with E-state index in [1.54, 1.807) is 0 Å². The van der Waals surface area contributed by atoms with Crippen molar-refractivity contribution in [3.8, 4) is 0 Å². The van der Waals surface area contributed by atoms with Crippen molar-refractivity contribution in [2.45, 2.75) is 60.4 Å². The Bertz CT molecular complexity index is 622. The molecule has 1 unspecified atom stereocenters. The maximum Gasteiger partial charge on any atom is 0.0717 e. The predicted octanol–water partition coefficient (Wildman–Crippen LogP) is 6.82. The van der Waals surface area contributed by atoms with Crippen molar-refractivity contribution < 1.29 is 14.2 Å². The average molecular weight is 413 g/mol. The zero-order valence-corrected chi connectivity index (χ0v) is 19.5. The van der Waals surface area contributed by atoms with Gasteiger partial charge in [0.25, 0.3) is 0 Å². The quantitative estimate of drug-likeness (QED) is 0.423. The van der Waals surface area contributed by atoms with Crippen LogP contribution in [-0.2, 0) is 27.4 Å². The molecule has 1 heterocycles. The minimum atomic E-state index is 0.158. The van der Waals surface area contributed by atoms with E-state index < -0.39 is 0 Å². The molecule has 0 N–H and O–H groups in total. The van der Waals surface area contributed by atoms with Crippen molar-refractivity contribution >= 4 is 0 Å². The highest BCUT2D eigenvalue weighted by Crippen LogP contribution is 2.21. The minimum Gasteiger partial charge on any atom is -0.376 e. The summed E-state index contributed by atoms with van der Waals surface area (Å²) in [5.41, 5.74) is 3.68. The van der Waals surface area contributed by atoms with Gasteiger partial charge in [-0.1, -0.05) is 100 Å². The second-order valence-electron chi connectivity index (χ2n) is 6.90. The molecule has 0 fully saturated rings. The minimum absolute atomic E-state index is 0.158. The van der Waals surface area contributed by atoms with Gasteiger partial charge in [-0.25, -0.2) is 0 Å². The lowest BCUT2D eigenvalue weighted by Gasteiger charge is -2.29. The Hall–Kier alpha value is -1.94. The molecule has 1 atom stereocenters. The number of ether oxygens (including phenoxy) is 3. The van der Waals surface area contributed by atoms with Crippen LogP contribution in [0, 0.1) is 5.92 Å². The van der Waals surface area contributed by atoms with Gasteiger partial charge in [0, 0.05) is 5.92 Å². The zero-order valence-electron chi connectivity index (χ0n) is 19.5. The molecular formula is C27H40O3. The van der Waals surface area contributed by atoms with Crippen LogP contribution >= 0.6 is 0 Å². The van der Waals surface area contributed by atoms with Gasteiger partial charge < -0.3 is 14.2 Å². The summed E-state index contributed by atoms with van der Waals surface area (Å²) in [7, 11) is 0. The number of hydrogen-bond acceptors (Lipinski definition) is 3. The predicted molar refractivity (Wildman–Crippen MR) is 126 cm³/mol. The van der Waals surface area contributed by atoms with Crippen LogP contribution in [-0.4, -0.2) is 25.9 Å². The molecule has 3 nitrogen and oxygen atoms in total. The molecule has 0 saturated carbocycles. The molecule has 0 amide bonds. The van der Waals surface area contributed by atoms with E-state index in [0.717, 1.165) is 6.42 Å². The standard InChI is InChI=1S/C23H28O3.2C2H6/c1-19-12-13-23(26-14-19)22(17-24-15-20-8-4-2-5-9-20)18-25-16-21-10-6-3-7-11-21;2*1-2/h2-12,22-23H,13-18H2,1H3;2*1-2H3. The van der Waals surface area contributed by atoms with Crippen LogP contribution in [0.2, 0.25) is 0 Å². The molecule has 0 aliphatic carbocycles. The van der Waals surface area contributed by atoms with E-state index in [0.29, 0.717) is 33.0 Å². The van der Waals surface area contributed by atoms with Crippen LogP contribution in [0.5, 0.6) is 0 Å². The Labute approximate surface area is 184 Å². The van der Waals surface area contributed by atoms with Gasteiger partial charge in [0.05, 0.1) is 39.1 Å². The molecule has 0 spiro atoms. The highest BCUT2D eigenvalue weighted by Gasteiger charge is 2.24. The molecule has 3 rings (SSSR count). The van der Waals surface area contributed by atoms with Gasteiger partial charge in [-0.05, 0) is 24.5 Å². The van der Waals surface area contributed by atoms with Gasteiger partial charge in [0.1, 0.15) is 0 Å². The van der Waals surface area contributed by atoms with Crippen molar-refractivity contribution in [3.63, 3.8) is 0 Å². The third-order valence-electron chi connectivity index (χ3n) is 4.64. The van der Waals surface area contributed by atoms with Crippen molar-refractivity contribution in [3.05, 3.63) is 83.4 Å². The number of benzene rings is 2. The first-order valence-electron chi connectivity index (χ1n) is 11.3. The van der Waals surface area contributed by atoms with Crippen molar-refractivity contribution in [2.75, 3.05) is 19.8 Å². The molecule has 166 valence electrons. The Morgan fingerprint density at radius 1 is 0.800 bits per heavy atom. The molecule has 1 aliphatic rings. The van der Waals surface area contributed by atoms with E-state index >= 15 is 0 Å². The monoisotopic (exact) mass is 412 g/mol. The summed E-state index contributed by atoms with van der Waals surface area (Å²) in [5, 5.41) is 0. The molecular weight excluding hydrogens is 372 g/mol. The van der Waals surface area contributed by atoms with Gasteiger partial charge in [0.15, 0.2) is 0 Å². The summed E-state index contributed by atoms with van der Waals surface area (Å²) in [6.07, 6.45) is 3.36. The second-order valence-corrected chi connectivity index (χ2v) is 6.90. The molecule has 30 heavy (non-hydrogen) atoms. The summed E-state index contributed by atoms with van der Waals surface area (Å²) in [6, 6.07) is 20.5. The van der Waals surface area contributed by atoms with E-state index in [1.807, 2.05) is 64.1 Å². The van der Waals surface area contributed by atoms with Gasteiger partial charge in [-0.2, -0.15) is 0 Å². The molecule has 0 aromatic heterocycles.